The van der Waals surface area contributed by atoms with Gasteiger partial charge in [0.25, 0.3) is 0 Å². The van der Waals surface area contributed by atoms with Gasteiger partial charge in [0.1, 0.15) is 0 Å². The van der Waals surface area contributed by atoms with E-state index in [0.29, 0.717) is 0 Å². The molecule has 0 bridgehead atoms. The van der Waals surface area contributed by atoms with Crippen LogP contribution in [0.1, 0.15) is 46.0 Å². The molecule has 0 aliphatic heterocycles. The van der Waals surface area contributed by atoms with Gasteiger partial charge in [0, 0.05) is 13.1 Å². The topological polar surface area (TPSA) is 20.3 Å². The second-order valence-corrected chi connectivity index (χ2v) is 4.73. The highest BCUT2D eigenvalue weighted by Crippen LogP contribution is 2.28. The average Bonchev–Trinajstić information content (AvgIpc) is 2.20. The molecule has 0 aromatic heterocycles. The van der Waals surface area contributed by atoms with Crippen molar-refractivity contribution in [2.45, 2.75) is 46.0 Å². The number of amides is 1. The minimum absolute atomic E-state index is 0.767. The van der Waals surface area contributed by atoms with E-state index in [1.165, 1.54) is 25.7 Å². The summed E-state index contributed by atoms with van der Waals surface area (Å²) >= 11 is 0. The van der Waals surface area contributed by atoms with E-state index in [0.717, 1.165) is 37.8 Å². The summed E-state index contributed by atoms with van der Waals surface area (Å²) in [7, 11) is 0. The van der Waals surface area contributed by atoms with Crippen molar-refractivity contribution in [3.63, 3.8) is 0 Å². The van der Waals surface area contributed by atoms with Gasteiger partial charge in [-0.25, -0.2) is 0 Å². The van der Waals surface area contributed by atoms with Crippen LogP contribution >= 0.6 is 0 Å². The van der Waals surface area contributed by atoms with E-state index < -0.39 is 0 Å². The summed E-state index contributed by atoms with van der Waals surface area (Å²) in [6.07, 6.45) is 7.42. The zero-order valence-electron chi connectivity index (χ0n) is 9.54. The van der Waals surface area contributed by atoms with Crippen LogP contribution in [0, 0.1) is 11.8 Å². The molecule has 0 aromatic carbocycles. The van der Waals surface area contributed by atoms with Crippen LogP contribution in [0.3, 0.4) is 0 Å². The van der Waals surface area contributed by atoms with Gasteiger partial charge >= 0.3 is 0 Å². The van der Waals surface area contributed by atoms with Crippen molar-refractivity contribution in [1.82, 2.24) is 4.90 Å². The van der Waals surface area contributed by atoms with Gasteiger partial charge in [0.2, 0.25) is 6.41 Å². The molecule has 0 aromatic rings. The van der Waals surface area contributed by atoms with Crippen LogP contribution in [0.25, 0.3) is 0 Å². The third-order valence-electron chi connectivity index (χ3n) is 3.29. The number of nitrogens with zero attached hydrogens (tertiary/aromatic N) is 1. The molecular weight excluding hydrogens is 174 g/mol. The Morgan fingerprint density at radius 3 is 2.43 bits per heavy atom. The minimum Gasteiger partial charge on any atom is -0.345 e. The SMILES string of the molecule is CCCN(C=O)CC1CCC(C)CC1. The van der Waals surface area contributed by atoms with E-state index in [2.05, 4.69) is 13.8 Å². The van der Waals surface area contributed by atoms with Gasteiger partial charge in [-0.2, -0.15) is 0 Å². The highest BCUT2D eigenvalue weighted by atomic mass is 16.1. The summed E-state index contributed by atoms with van der Waals surface area (Å²) in [6.45, 7) is 6.37. The predicted molar refractivity (Wildman–Crippen MR) is 59.1 cm³/mol. The average molecular weight is 197 g/mol. The summed E-state index contributed by atoms with van der Waals surface area (Å²) < 4.78 is 0. The Morgan fingerprint density at radius 1 is 1.29 bits per heavy atom. The van der Waals surface area contributed by atoms with E-state index in [1.807, 2.05) is 4.90 Å². The van der Waals surface area contributed by atoms with Gasteiger partial charge in [-0.15, -0.1) is 0 Å². The minimum atomic E-state index is 0.767. The summed E-state index contributed by atoms with van der Waals surface area (Å²) in [5.74, 6) is 1.67. The molecule has 2 heteroatoms. The van der Waals surface area contributed by atoms with E-state index in [-0.39, 0.29) is 0 Å². The lowest BCUT2D eigenvalue weighted by atomic mass is 9.83. The summed E-state index contributed by atoms with van der Waals surface area (Å²) in [6, 6.07) is 0. The Hall–Kier alpha value is -0.530. The van der Waals surface area contributed by atoms with Crippen LogP contribution in [0.4, 0.5) is 0 Å². The molecule has 0 heterocycles. The summed E-state index contributed by atoms with van der Waals surface area (Å²) in [5, 5.41) is 0. The second kappa shape index (κ2) is 6.05. The van der Waals surface area contributed by atoms with Crippen molar-refractivity contribution in [1.29, 1.82) is 0 Å². The normalized spacial score (nSPS) is 27.3. The predicted octanol–water partition coefficient (Wildman–Crippen LogP) is 2.68. The molecule has 0 N–H and O–H groups in total. The van der Waals surface area contributed by atoms with Crippen molar-refractivity contribution >= 4 is 6.41 Å². The fourth-order valence-electron chi connectivity index (χ4n) is 2.32. The molecule has 1 saturated carbocycles. The Bertz CT molecular complexity index is 162. The molecule has 14 heavy (non-hydrogen) atoms. The molecule has 1 amide bonds. The highest BCUT2D eigenvalue weighted by Gasteiger charge is 2.19. The van der Waals surface area contributed by atoms with Crippen LogP contribution in [0.2, 0.25) is 0 Å². The molecule has 0 atom stereocenters. The monoisotopic (exact) mass is 197 g/mol. The lowest BCUT2D eigenvalue weighted by Gasteiger charge is -2.29. The molecule has 1 rings (SSSR count). The Kier molecular flexibility index (Phi) is 4.99. The Balaban J connectivity index is 2.24. The van der Waals surface area contributed by atoms with Crippen LogP contribution in [0.15, 0.2) is 0 Å². The third kappa shape index (κ3) is 3.69. The molecule has 0 radical (unpaired) electrons. The van der Waals surface area contributed by atoms with Gasteiger partial charge in [-0.05, 0) is 31.1 Å². The second-order valence-electron chi connectivity index (χ2n) is 4.73. The van der Waals surface area contributed by atoms with Crippen LogP contribution in [-0.2, 0) is 4.79 Å². The first-order chi connectivity index (χ1) is 6.76. The van der Waals surface area contributed by atoms with Crippen LogP contribution < -0.4 is 0 Å². The molecular formula is C12H23NO. The number of carbonyl (C=O) groups excluding carboxylic acids is 1. The van der Waals surface area contributed by atoms with Gasteiger partial charge < -0.3 is 4.90 Å². The Labute approximate surface area is 87.7 Å². The van der Waals surface area contributed by atoms with E-state index in [1.54, 1.807) is 0 Å². The molecule has 1 fully saturated rings. The van der Waals surface area contributed by atoms with Crippen molar-refractivity contribution in [2.24, 2.45) is 11.8 Å². The van der Waals surface area contributed by atoms with Crippen molar-refractivity contribution in [2.75, 3.05) is 13.1 Å². The number of hydrogen-bond acceptors (Lipinski definition) is 1. The molecule has 0 spiro atoms. The maximum Gasteiger partial charge on any atom is 0.209 e. The molecule has 1 aliphatic carbocycles. The number of rotatable bonds is 5. The van der Waals surface area contributed by atoms with Crippen molar-refractivity contribution < 1.29 is 4.79 Å². The first-order valence-corrected chi connectivity index (χ1v) is 5.95. The zero-order valence-corrected chi connectivity index (χ0v) is 9.54. The Morgan fingerprint density at radius 2 is 1.93 bits per heavy atom. The first kappa shape index (κ1) is 11.5. The van der Waals surface area contributed by atoms with Gasteiger partial charge in [-0.3, -0.25) is 4.79 Å². The largest absolute Gasteiger partial charge is 0.345 e. The van der Waals surface area contributed by atoms with Gasteiger partial charge in [0.15, 0.2) is 0 Å². The fourth-order valence-corrected chi connectivity index (χ4v) is 2.32. The lowest BCUT2D eigenvalue weighted by molar-refractivity contribution is -0.118. The highest BCUT2D eigenvalue weighted by molar-refractivity contribution is 5.46. The van der Waals surface area contributed by atoms with Gasteiger partial charge in [0.05, 0.1) is 0 Å². The van der Waals surface area contributed by atoms with Crippen LogP contribution in [0.5, 0.6) is 0 Å². The van der Waals surface area contributed by atoms with E-state index in [9.17, 15) is 4.79 Å². The van der Waals surface area contributed by atoms with Crippen molar-refractivity contribution in [3.8, 4) is 0 Å². The van der Waals surface area contributed by atoms with E-state index >= 15 is 0 Å². The van der Waals surface area contributed by atoms with E-state index in [4.69, 9.17) is 0 Å². The molecule has 2 nitrogen and oxygen atoms in total. The summed E-state index contributed by atoms with van der Waals surface area (Å²) in [4.78, 5) is 12.7. The lowest BCUT2D eigenvalue weighted by Crippen LogP contribution is -2.30. The molecule has 82 valence electrons. The zero-order chi connectivity index (χ0) is 10.4. The smallest absolute Gasteiger partial charge is 0.209 e. The maximum atomic E-state index is 10.8. The summed E-state index contributed by atoms with van der Waals surface area (Å²) in [5.41, 5.74) is 0. The molecule has 0 unspecified atom stereocenters. The van der Waals surface area contributed by atoms with Crippen LogP contribution in [-0.4, -0.2) is 24.4 Å². The fraction of sp³-hybridized carbons (Fsp3) is 0.917. The number of carbonyl (C=O) groups is 1. The number of hydrogen-bond donors (Lipinski definition) is 0. The maximum absolute atomic E-state index is 10.8. The first-order valence-electron chi connectivity index (χ1n) is 5.95. The standard InChI is InChI=1S/C12H23NO/c1-3-8-13(10-14)9-12-6-4-11(2)5-7-12/h10-12H,3-9H2,1-2H3. The molecule has 1 aliphatic rings. The quantitative estimate of drug-likeness (QED) is 0.620. The van der Waals surface area contributed by atoms with Crippen molar-refractivity contribution in [3.05, 3.63) is 0 Å². The van der Waals surface area contributed by atoms with Gasteiger partial charge in [-0.1, -0.05) is 26.7 Å². The third-order valence-corrected chi connectivity index (χ3v) is 3.29. The molecule has 0 saturated heterocycles.